The van der Waals surface area contributed by atoms with Crippen molar-refractivity contribution in [2.24, 2.45) is 0 Å². The van der Waals surface area contributed by atoms with Crippen molar-refractivity contribution >= 4 is 8.07 Å². The van der Waals surface area contributed by atoms with E-state index in [0.717, 1.165) is 6.42 Å². The zero-order chi connectivity index (χ0) is 12.4. The number of aliphatic hydroxyl groups is 1. The van der Waals surface area contributed by atoms with Crippen molar-refractivity contribution in [1.82, 2.24) is 0 Å². The second kappa shape index (κ2) is 8.84. The van der Waals surface area contributed by atoms with Crippen molar-refractivity contribution in [1.29, 1.82) is 0 Å². The Kier molecular flexibility index (Phi) is 8.69. The molecule has 16 heavy (non-hydrogen) atoms. The molecule has 1 unspecified atom stereocenters. The van der Waals surface area contributed by atoms with E-state index < -0.39 is 8.07 Å². The van der Waals surface area contributed by atoms with E-state index in [1.54, 1.807) is 0 Å². The molecule has 0 fully saturated rings. The molecule has 0 aliphatic rings. The largest absolute Gasteiger partial charge is 0.384 e. The SMILES string of the molecule is CCCCCCCCC#CC(O)[Si](C)(C)C. The lowest BCUT2D eigenvalue weighted by Crippen LogP contribution is -2.36. The van der Waals surface area contributed by atoms with Gasteiger partial charge in [0.25, 0.3) is 0 Å². The summed E-state index contributed by atoms with van der Waals surface area (Å²) in [6.07, 6.45) is 8.80. The lowest BCUT2D eigenvalue weighted by Gasteiger charge is -2.17. The van der Waals surface area contributed by atoms with Crippen LogP contribution in [0, 0.1) is 11.8 Å². The van der Waals surface area contributed by atoms with Crippen LogP contribution in [0.3, 0.4) is 0 Å². The van der Waals surface area contributed by atoms with Gasteiger partial charge in [0.2, 0.25) is 0 Å². The summed E-state index contributed by atoms with van der Waals surface area (Å²) in [5.41, 5.74) is -0.354. The van der Waals surface area contributed by atoms with Gasteiger partial charge in [0.15, 0.2) is 0 Å². The third-order valence-corrected chi connectivity index (χ3v) is 4.50. The van der Waals surface area contributed by atoms with Crippen LogP contribution in [-0.2, 0) is 0 Å². The highest BCUT2D eigenvalue weighted by Crippen LogP contribution is 2.08. The minimum Gasteiger partial charge on any atom is -0.384 e. The first-order valence-electron chi connectivity index (χ1n) is 6.65. The minimum absolute atomic E-state index is 0.354. The monoisotopic (exact) mass is 240 g/mol. The highest BCUT2D eigenvalue weighted by atomic mass is 28.3. The maximum Gasteiger partial charge on any atom is 0.102 e. The predicted octanol–water partition coefficient (Wildman–Crippen LogP) is 3.98. The second-order valence-corrected chi connectivity index (χ2v) is 10.9. The molecule has 0 aromatic carbocycles. The Morgan fingerprint density at radius 1 is 1.00 bits per heavy atom. The van der Waals surface area contributed by atoms with E-state index in [4.69, 9.17) is 0 Å². The molecular weight excluding hydrogens is 212 g/mol. The molecule has 2 heteroatoms. The average molecular weight is 240 g/mol. The molecule has 0 saturated heterocycles. The molecular formula is C14H28OSi. The molecule has 0 spiro atoms. The summed E-state index contributed by atoms with van der Waals surface area (Å²) < 4.78 is 0. The summed E-state index contributed by atoms with van der Waals surface area (Å²) in [5.74, 6) is 6.11. The van der Waals surface area contributed by atoms with Gasteiger partial charge in [0.1, 0.15) is 5.73 Å². The molecule has 0 aromatic heterocycles. The highest BCUT2D eigenvalue weighted by Gasteiger charge is 2.22. The van der Waals surface area contributed by atoms with Gasteiger partial charge in [-0.1, -0.05) is 64.6 Å². The number of unbranched alkanes of at least 4 members (excludes halogenated alkanes) is 6. The first-order chi connectivity index (χ1) is 7.48. The van der Waals surface area contributed by atoms with Gasteiger partial charge < -0.3 is 5.11 Å². The molecule has 0 radical (unpaired) electrons. The Balaban J connectivity index is 3.48. The van der Waals surface area contributed by atoms with Crippen LogP contribution in [-0.4, -0.2) is 18.9 Å². The fourth-order valence-electron chi connectivity index (χ4n) is 1.38. The van der Waals surface area contributed by atoms with Gasteiger partial charge in [-0.15, -0.1) is 5.92 Å². The highest BCUT2D eigenvalue weighted by molar-refractivity contribution is 6.77. The van der Waals surface area contributed by atoms with Gasteiger partial charge in [-0.3, -0.25) is 0 Å². The first-order valence-corrected chi connectivity index (χ1v) is 10.2. The zero-order valence-electron chi connectivity index (χ0n) is 11.5. The molecule has 0 aliphatic heterocycles. The van der Waals surface area contributed by atoms with Gasteiger partial charge in [-0.2, -0.15) is 0 Å². The predicted molar refractivity (Wildman–Crippen MR) is 75.1 cm³/mol. The molecule has 0 bridgehead atoms. The van der Waals surface area contributed by atoms with Gasteiger partial charge in [0.05, 0.1) is 8.07 Å². The first kappa shape index (κ1) is 15.7. The summed E-state index contributed by atoms with van der Waals surface area (Å²) in [4.78, 5) is 0. The van der Waals surface area contributed by atoms with Gasteiger partial charge in [-0.25, -0.2) is 0 Å². The second-order valence-electron chi connectivity index (χ2n) is 5.61. The van der Waals surface area contributed by atoms with Crippen molar-refractivity contribution in [2.45, 2.75) is 77.2 Å². The number of hydrogen-bond donors (Lipinski definition) is 1. The van der Waals surface area contributed by atoms with Crippen LogP contribution >= 0.6 is 0 Å². The van der Waals surface area contributed by atoms with Crippen LogP contribution in [0.2, 0.25) is 19.6 Å². The van der Waals surface area contributed by atoms with Crippen LogP contribution in [0.5, 0.6) is 0 Å². The smallest absolute Gasteiger partial charge is 0.102 e. The normalized spacial score (nSPS) is 13.1. The molecule has 0 saturated carbocycles. The third kappa shape index (κ3) is 9.00. The molecule has 1 nitrogen and oxygen atoms in total. The summed E-state index contributed by atoms with van der Waals surface area (Å²) in [7, 11) is -1.46. The van der Waals surface area contributed by atoms with E-state index in [0.29, 0.717) is 0 Å². The Morgan fingerprint density at radius 2 is 1.56 bits per heavy atom. The molecule has 0 amide bonds. The minimum atomic E-state index is -1.46. The Bertz CT molecular complexity index is 219. The van der Waals surface area contributed by atoms with Crippen molar-refractivity contribution < 1.29 is 5.11 Å². The Hall–Kier alpha value is -0.263. The number of hydrogen-bond acceptors (Lipinski definition) is 1. The maximum atomic E-state index is 9.75. The standard InChI is InChI=1S/C14H28OSi/c1-5-6-7-8-9-10-11-12-13-14(15)16(2,3)4/h14-15H,5-11H2,1-4H3. The van der Waals surface area contributed by atoms with E-state index in [2.05, 4.69) is 38.4 Å². The third-order valence-electron chi connectivity index (χ3n) is 2.71. The fraction of sp³-hybridized carbons (Fsp3) is 0.857. The molecule has 1 N–H and O–H groups in total. The quantitative estimate of drug-likeness (QED) is 0.405. The lowest BCUT2D eigenvalue weighted by molar-refractivity contribution is 0.299. The van der Waals surface area contributed by atoms with Crippen LogP contribution in [0.15, 0.2) is 0 Å². The summed E-state index contributed by atoms with van der Waals surface area (Å²) in [6.45, 7) is 8.69. The number of aliphatic hydroxyl groups excluding tert-OH is 1. The molecule has 1 atom stereocenters. The molecule has 0 aromatic rings. The van der Waals surface area contributed by atoms with Gasteiger partial charge >= 0.3 is 0 Å². The van der Waals surface area contributed by atoms with Crippen molar-refractivity contribution in [3.05, 3.63) is 0 Å². The van der Waals surface area contributed by atoms with Crippen LogP contribution in [0.25, 0.3) is 0 Å². The molecule has 0 rings (SSSR count). The Labute approximate surface area is 103 Å². The zero-order valence-corrected chi connectivity index (χ0v) is 12.5. The van der Waals surface area contributed by atoms with Gasteiger partial charge in [0, 0.05) is 6.42 Å². The molecule has 0 aliphatic carbocycles. The summed E-state index contributed by atoms with van der Waals surface area (Å²) >= 11 is 0. The summed E-state index contributed by atoms with van der Waals surface area (Å²) in [6, 6.07) is 0. The molecule has 94 valence electrons. The average Bonchev–Trinajstić information content (AvgIpc) is 2.20. The Morgan fingerprint density at radius 3 is 2.12 bits per heavy atom. The van der Waals surface area contributed by atoms with Crippen LogP contribution in [0.4, 0.5) is 0 Å². The van der Waals surface area contributed by atoms with Gasteiger partial charge in [-0.05, 0) is 6.42 Å². The van der Waals surface area contributed by atoms with E-state index in [1.165, 1.54) is 38.5 Å². The van der Waals surface area contributed by atoms with Crippen LogP contribution in [0.1, 0.15) is 51.9 Å². The van der Waals surface area contributed by atoms with Crippen molar-refractivity contribution in [3.63, 3.8) is 0 Å². The fourth-order valence-corrected chi connectivity index (χ4v) is 1.91. The van der Waals surface area contributed by atoms with Crippen molar-refractivity contribution in [2.75, 3.05) is 0 Å². The lowest BCUT2D eigenvalue weighted by atomic mass is 10.1. The van der Waals surface area contributed by atoms with Crippen molar-refractivity contribution in [3.8, 4) is 11.8 Å². The van der Waals surface area contributed by atoms with E-state index in [9.17, 15) is 5.11 Å². The summed E-state index contributed by atoms with van der Waals surface area (Å²) in [5, 5.41) is 9.75. The maximum absolute atomic E-state index is 9.75. The topological polar surface area (TPSA) is 20.2 Å². The number of rotatable bonds is 7. The molecule has 0 heterocycles. The van der Waals surface area contributed by atoms with E-state index in [1.807, 2.05) is 0 Å². The van der Waals surface area contributed by atoms with Crippen LogP contribution < -0.4 is 0 Å². The van der Waals surface area contributed by atoms with E-state index in [-0.39, 0.29) is 5.73 Å². The van der Waals surface area contributed by atoms with E-state index >= 15 is 0 Å².